The van der Waals surface area contributed by atoms with E-state index in [1.54, 1.807) is 0 Å². The highest BCUT2D eigenvalue weighted by Crippen LogP contribution is 2.37. The van der Waals surface area contributed by atoms with Crippen LogP contribution in [0.2, 0.25) is 0 Å². The zero-order valence-electron chi connectivity index (χ0n) is 17.7. The summed E-state index contributed by atoms with van der Waals surface area (Å²) in [5.74, 6) is 0. The van der Waals surface area contributed by atoms with Gasteiger partial charge in [0.25, 0.3) is 5.56 Å². The largest absolute Gasteiger partial charge is 0.268 e. The van der Waals surface area contributed by atoms with E-state index in [1.807, 2.05) is 59.0 Å². The van der Waals surface area contributed by atoms with Gasteiger partial charge in [-0.2, -0.15) is 0 Å². The molecule has 0 fully saturated rings. The van der Waals surface area contributed by atoms with Crippen LogP contribution in [0.1, 0.15) is 0 Å². The molecule has 0 bridgehead atoms. The normalized spacial score (nSPS) is 11.8. The fourth-order valence-electron chi connectivity index (χ4n) is 5.09. The van der Waals surface area contributed by atoms with Crippen molar-refractivity contribution < 1.29 is 0 Å². The maximum absolute atomic E-state index is 13.9. The van der Waals surface area contributed by atoms with Crippen LogP contribution in [-0.2, 0) is 0 Å². The maximum Gasteiger partial charge on any atom is 0.264 e. The van der Waals surface area contributed by atoms with E-state index in [1.165, 1.54) is 0 Å². The average molecular weight is 422 g/mol. The fraction of sp³-hybridized carbons (Fsp3) is 0. The van der Waals surface area contributed by atoms with E-state index in [0.29, 0.717) is 5.65 Å². The molecular formula is C30H18N2O. The van der Waals surface area contributed by atoms with Gasteiger partial charge >= 0.3 is 0 Å². The molecule has 0 aliphatic rings. The van der Waals surface area contributed by atoms with Gasteiger partial charge < -0.3 is 0 Å². The number of hydrogen-bond donors (Lipinski definition) is 0. The fourth-order valence-corrected chi connectivity index (χ4v) is 5.09. The van der Waals surface area contributed by atoms with E-state index in [2.05, 4.69) is 54.6 Å². The molecule has 0 N–H and O–H groups in total. The van der Waals surface area contributed by atoms with Gasteiger partial charge in [0.15, 0.2) is 0 Å². The first-order valence-electron chi connectivity index (χ1n) is 11.0. The first-order chi connectivity index (χ1) is 16.3. The van der Waals surface area contributed by atoms with Gasteiger partial charge in [-0.3, -0.25) is 9.20 Å². The third-order valence-corrected chi connectivity index (χ3v) is 6.55. The number of fused-ring (bicyclic) bond motifs is 4. The molecule has 0 saturated carbocycles. The lowest BCUT2D eigenvalue weighted by molar-refractivity contribution is 1.19. The zero-order chi connectivity index (χ0) is 21.9. The van der Waals surface area contributed by atoms with Crippen molar-refractivity contribution in [1.82, 2.24) is 9.38 Å². The van der Waals surface area contributed by atoms with Crippen LogP contribution in [0.4, 0.5) is 0 Å². The molecule has 0 amide bonds. The van der Waals surface area contributed by atoms with Gasteiger partial charge in [0.05, 0.1) is 11.0 Å². The number of pyridine rings is 1. The van der Waals surface area contributed by atoms with Crippen molar-refractivity contribution in [2.75, 3.05) is 0 Å². The van der Waals surface area contributed by atoms with Crippen molar-refractivity contribution >= 4 is 38.2 Å². The van der Waals surface area contributed by atoms with Crippen LogP contribution in [0.5, 0.6) is 0 Å². The molecule has 0 atom stereocenters. The Labute approximate surface area is 189 Å². The van der Waals surface area contributed by atoms with Gasteiger partial charge in [-0.05, 0) is 22.6 Å². The molecule has 3 nitrogen and oxygen atoms in total. The monoisotopic (exact) mass is 422 g/mol. The molecule has 0 saturated heterocycles. The van der Waals surface area contributed by atoms with Crippen LogP contribution < -0.4 is 5.56 Å². The first-order valence-corrected chi connectivity index (χ1v) is 11.0. The molecule has 0 radical (unpaired) electrons. The van der Waals surface area contributed by atoms with Crippen molar-refractivity contribution in [2.24, 2.45) is 0 Å². The number of imidazole rings is 1. The van der Waals surface area contributed by atoms with E-state index >= 15 is 0 Å². The number of aromatic nitrogens is 2. The number of rotatable bonds is 2. The summed E-state index contributed by atoms with van der Waals surface area (Å²) >= 11 is 0. The molecular weight excluding hydrogens is 404 g/mol. The topological polar surface area (TPSA) is 34.4 Å². The van der Waals surface area contributed by atoms with Crippen molar-refractivity contribution in [3.05, 3.63) is 120 Å². The van der Waals surface area contributed by atoms with Gasteiger partial charge in [0.2, 0.25) is 0 Å². The van der Waals surface area contributed by atoms with E-state index in [4.69, 9.17) is 4.98 Å². The van der Waals surface area contributed by atoms with Crippen LogP contribution in [0.15, 0.2) is 114 Å². The lowest BCUT2D eigenvalue weighted by Gasteiger charge is -2.10. The molecule has 154 valence electrons. The minimum absolute atomic E-state index is 0.0285. The van der Waals surface area contributed by atoms with Gasteiger partial charge in [0, 0.05) is 27.3 Å². The summed E-state index contributed by atoms with van der Waals surface area (Å²) in [7, 11) is 0. The van der Waals surface area contributed by atoms with Crippen LogP contribution in [0.3, 0.4) is 0 Å². The predicted molar refractivity (Wildman–Crippen MR) is 136 cm³/mol. The van der Waals surface area contributed by atoms with E-state index in [0.717, 1.165) is 54.8 Å². The van der Waals surface area contributed by atoms with E-state index in [9.17, 15) is 4.79 Å². The average Bonchev–Trinajstić information content (AvgIpc) is 3.29. The highest BCUT2D eigenvalue weighted by atomic mass is 16.1. The minimum Gasteiger partial charge on any atom is -0.268 e. The quantitative estimate of drug-likeness (QED) is 0.303. The Morgan fingerprint density at radius 1 is 0.576 bits per heavy atom. The number of hydrogen-bond acceptors (Lipinski definition) is 2. The minimum atomic E-state index is -0.0285. The summed E-state index contributed by atoms with van der Waals surface area (Å²) in [4.78, 5) is 19.1. The summed E-state index contributed by atoms with van der Waals surface area (Å²) in [6, 6.07) is 36.8. The predicted octanol–water partition coefficient (Wildman–Crippen LogP) is 6.93. The summed E-state index contributed by atoms with van der Waals surface area (Å²) < 4.78 is 1.82. The molecule has 0 aliphatic heterocycles. The molecule has 33 heavy (non-hydrogen) atoms. The zero-order valence-corrected chi connectivity index (χ0v) is 17.7. The van der Waals surface area contributed by atoms with E-state index < -0.39 is 0 Å². The Morgan fingerprint density at radius 3 is 1.88 bits per heavy atom. The smallest absolute Gasteiger partial charge is 0.264 e. The second-order valence-electron chi connectivity index (χ2n) is 8.38. The Hall–Kier alpha value is -4.50. The second kappa shape index (κ2) is 6.75. The number of benzene rings is 5. The first kappa shape index (κ1) is 18.1. The summed E-state index contributed by atoms with van der Waals surface area (Å²) in [6.07, 6.45) is 0. The summed E-state index contributed by atoms with van der Waals surface area (Å²) in [5.41, 5.74) is 6.55. The summed E-state index contributed by atoms with van der Waals surface area (Å²) in [5, 5.41) is 3.76. The standard InChI is InChI=1S/C30H18N2O/c33-30-25-16-8-14-21-13-7-15-24(26(21)25)29-31-27-22(19-9-3-1-4-10-19)17-18-23(28(27)32(29)30)20-11-5-2-6-12-20/h1-18H. The Balaban J connectivity index is 1.76. The third kappa shape index (κ3) is 2.50. The van der Waals surface area contributed by atoms with Crippen LogP contribution in [0.25, 0.3) is 60.5 Å². The van der Waals surface area contributed by atoms with Crippen LogP contribution >= 0.6 is 0 Å². The molecule has 3 heteroatoms. The molecule has 0 unspecified atom stereocenters. The van der Waals surface area contributed by atoms with Crippen molar-refractivity contribution in [3.63, 3.8) is 0 Å². The lowest BCUT2D eigenvalue weighted by Crippen LogP contribution is -2.13. The van der Waals surface area contributed by atoms with Crippen LogP contribution in [0, 0.1) is 0 Å². The van der Waals surface area contributed by atoms with Crippen LogP contribution in [-0.4, -0.2) is 9.38 Å². The Bertz CT molecular complexity index is 1860. The summed E-state index contributed by atoms with van der Waals surface area (Å²) in [6.45, 7) is 0. The van der Waals surface area contributed by atoms with Crippen molar-refractivity contribution in [1.29, 1.82) is 0 Å². The lowest BCUT2D eigenvalue weighted by atomic mass is 9.98. The van der Waals surface area contributed by atoms with Gasteiger partial charge in [-0.25, -0.2) is 4.98 Å². The van der Waals surface area contributed by atoms with Gasteiger partial charge in [-0.1, -0.05) is 103 Å². The second-order valence-corrected chi connectivity index (χ2v) is 8.38. The van der Waals surface area contributed by atoms with Gasteiger partial charge in [-0.15, -0.1) is 0 Å². The molecule has 7 aromatic rings. The highest BCUT2D eigenvalue weighted by molar-refractivity contribution is 6.16. The molecule has 0 aliphatic carbocycles. The molecule has 7 rings (SSSR count). The SMILES string of the molecule is O=c1c2cccc3cccc(c32)c2nc3c(-c4ccccc4)ccc(-c4ccccc4)c3n12. The highest BCUT2D eigenvalue weighted by Gasteiger charge is 2.20. The maximum atomic E-state index is 13.9. The Kier molecular flexibility index (Phi) is 3.70. The molecule has 0 spiro atoms. The van der Waals surface area contributed by atoms with Gasteiger partial charge in [0.1, 0.15) is 5.65 Å². The molecule has 2 heterocycles. The molecule has 5 aromatic carbocycles. The number of nitrogens with zero attached hydrogens (tertiary/aromatic N) is 2. The third-order valence-electron chi connectivity index (χ3n) is 6.55. The van der Waals surface area contributed by atoms with Crippen molar-refractivity contribution in [2.45, 2.75) is 0 Å². The molecule has 2 aromatic heterocycles. The Morgan fingerprint density at radius 2 is 1.18 bits per heavy atom. The van der Waals surface area contributed by atoms with E-state index in [-0.39, 0.29) is 5.56 Å². The van der Waals surface area contributed by atoms with Crippen molar-refractivity contribution in [3.8, 4) is 22.3 Å².